The van der Waals surface area contributed by atoms with Crippen LogP contribution in [-0.2, 0) is 19.1 Å². The number of esters is 1. The zero-order chi connectivity index (χ0) is 25.5. The van der Waals surface area contributed by atoms with Gasteiger partial charge in [-0.1, -0.05) is 20.8 Å². The Bertz CT molecular complexity index is 826. The standard InChI is InChI=1S/C28H44O7/c1-16(5-4-12-35-25(34)9-8-24(32)33)19-6-7-20-26-21(15-23(31)28(19,20)3)27(2)11-10-18(29)13-17(27)14-22(26)30/h16-17,19-23,26,30-31H,4-15H2,1-3H3,(H,32,33)/t16-,17-,19?,20+,21?,22?,23+,26?,27+,28-/m1/s1. The van der Waals surface area contributed by atoms with Crippen LogP contribution < -0.4 is 0 Å². The highest BCUT2D eigenvalue weighted by atomic mass is 16.5. The first-order valence-corrected chi connectivity index (χ1v) is 13.7. The lowest BCUT2D eigenvalue weighted by Crippen LogP contribution is -2.62. The van der Waals surface area contributed by atoms with Gasteiger partial charge < -0.3 is 20.1 Å². The van der Waals surface area contributed by atoms with Crippen LogP contribution in [0, 0.1) is 46.3 Å². The van der Waals surface area contributed by atoms with E-state index in [0.717, 1.165) is 32.1 Å². The number of carboxylic acids is 1. The molecule has 4 unspecified atom stereocenters. The topological polar surface area (TPSA) is 121 Å². The molecule has 198 valence electrons. The minimum atomic E-state index is -1.00. The predicted octanol–water partition coefficient (Wildman–Crippen LogP) is 3.98. The van der Waals surface area contributed by atoms with E-state index in [9.17, 15) is 24.6 Å². The van der Waals surface area contributed by atoms with Crippen LogP contribution in [0.1, 0.15) is 91.4 Å². The summed E-state index contributed by atoms with van der Waals surface area (Å²) in [4.78, 5) is 34.4. The molecule has 4 aliphatic rings. The third-order valence-electron chi connectivity index (χ3n) is 11.0. The summed E-state index contributed by atoms with van der Waals surface area (Å²) in [6.07, 6.45) is 6.03. The van der Waals surface area contributed by atoms with Gasteiger partial charge in [-0.05, 0) is 91.3 Å². The van der Waals surface area contributed by atoms with E-state index in [-0.39, 0.29) is 47.3 Å². The molecule has 0 aromatic heterocycles. The number of hydrogen-bond acceptors (Lipinski definition) is 6. The maximum absolute atomic E-state index is 12.2. The van der Waals surface area contributed by atoms with Gasteiger partial charge in [0.2, 0.25) is 0 Å². The Kier molecular flexibility index (Phi) is 7.69. The Morgan fingerprint density at radius 2 is 1.86 bits per heavy atom. The number of carbonyl (C=O) groups excluding carboxylic acids is 2. The number of Topliss-reactive ketones (excluding diaryl/α,β-unsaturated/α-hetero) is 1. The number of carbonyl (C=O) groups is 3. The summed E-state index contributed by atoms with van der Waals surface area (Å²) in [5, 5.41) is 31.6. The van der Waals surface area contributed by atoms with Crippen LogP contribution in [0.4, 0.5) is 0 Å². The molecule has 7 heteroatoms. The Morgan fingerprint density at radius 3 is 2.57 bits per heavy atom. The maximum atomic E-state index is 12.2. The van der Waals surface area contributed by atoms with E-state index >= 15 is 0 Å². The largest absolute Gasteiger partial charge is 0.481 e. The maximum Gasteiger partial charge on any atom is 0.306 e. The average Bonchev–Trinajstić information content (AvgIpc) is 3.15. The summed E-state index contributed by atoms with van der Waals surface area (Å²) < 4.78 is 5.20. The van der Waals surface area contributed by atoms with Crippen molar-refractivity contribution in [2.24, 2.45) is 46.3 Å². The van der Waals surface area contributed by atoms with Crippen molar-refractivity contribution in [3.63, 3.8) is 0 Å². The summed E-state index contributed by atoms with van der Waals surface area (Å²) in [6.45, 7) is 7.07. The van der Waals surface area contributed by atoms with Crippen molar-refractivity contribution in [1.29, 1.82) is 0 Å². The summed E-state index contributed by atoms with van der Waals surface area (Å²) in [5.41, 5.74) is -0.220. The summed E-state index contributed by atoms with van der Waals surface area (Å²) in [7, 11) is 0. The van der Waals surface area contributed by atoms with E-state index in [4.69, 9.17) is 9.84 Å². The highest BCUT2D eigenvalue weighted by molar-refractivity contribution is 5.79. The lowest BCUT2D eigenvalue weighted by molar-refractivity contribution is -0.201. The van der Waals surface area contributed by atoms with Crippen molar-refractivity contribution in [2.75, 3.05) is 6.61 Å². The number of ether oxygens (including phenoxy) is 1. The monoisotopic (exact) mass is 492 g/mol. The molecule has 0 amide bonds. The van der Waals surface area contributed by atoms with Gasteiger partial charge in [0.05, 0.1) is 31.7 Å². The lowest BCUT2D eigenvalue weighted by Gasteiger charge is -2.63. The molecule has 0 aliphatic heterocycles. The van der Waals surface area contributed by atoms with E-state index in [0.29, 0.717) is 49.9 Å². The van der Waals surface area contributed by atoms with Crippen molar-refractivity contribution >= 4 is 17.7 Å². The normalized spacial score (nSPS) is 43.6. The zero-order valence-corrected chi connectivity index (χ0v) is 21.6. The number of fused-ring (bicyclic) bond motifs is 5. The smallest absolute Gasteiger partial charge is 0.306 e. The van der Waals surface area contributed by atoms with Gasteiger partial charge in [0, 0.05) is 12.8 Å². The van der Waals surface area contributed by atoms with Gasteiger partial charge in [-0.3, -0.25) is 14.4 Å². The molecular formula is C28H44O7. The third-order valence-corrected chi connectivity index (χ3v) is 11.0. The van der Waals surface area contributed by atoms with Crippen molar-refractivity contribution < 1.29 is 34.4 Å². The minimum Gasteiger partial charge on any atom is -0.481 e. The molecule has 4 fully saturated rings. The van der Waals surface area contributed by atoms with E-state index < -0.39 is 24.1 Å². The second-order valence-corrected chi connectivity index (χ2v) is 12.6. The lowest BCUT2D eigenvalue weighted by atomic mass is 9.43. The SMILES string of the molecule is C[C@H](CCCOC(=O)CCC(=O)O)C1CC[C@H]2C3C(O)C[C@H]4CC(=O)CC[C@]4(C)C3C[C@H](O)[C@]12C. The molecule has 3 N–H and O–H groups in total. The second-order valence-electron chi connectivity index (χ2n) is 12.6. The van der Waals surface area contributed by atoms with E-state index in [1.54, 1.807) is 0 Å². The molecule has 7 nitrogen and oxygen atoms in total. The fourth-order valence-corrected chi connectivity index (χ4v) is 9.02. The molecule has 0 spiro atoms. The van der Waals surface area contributed by atoms with Gasteiger partial charge in [0.25, 0.3) is 0 Å². The predicted molar refractivity (Wildman–Crippen MR) is 129 cm³/mol. The molecule has 0 radical (unpaired) electrons. The van der Waals surface area contributed by atoms with E-state index in [1.807, 2.05) is 0 Å². The van der Waals surface area contributed by atoms with Gasteiger partial charge >= 0.3 is 11.9 Å². The Morgan fingerprint density at radius 1 is 1.11 bits per heavy atom. The summed E-state index contributed by atoms with van der Waals surface area (Å²) >= 11 is 0. The number of aliphatic hydroxyl groups excluding tert-OH is 2. The summed E-state index contributed by atoms with van der Waals surface area (Å²) in [5.74, 6) is 0.501. The van der Waals surface area contributed by atoms with Crippen LogP contribution in [0.25, 0.3) is 0 Å². The van der Waals surface area contributed by atoms with Gasteiger partial charge in [0.1, 0.15) is 5.78 Å². The molecule has 0 bridgehead atoms. The zero-order valence-electron chi connectivity index (χ0n) is 21.6. The number of carboxylic acid groups (broad SMARTS) is 1. The first-order chi connectivity index (χ1) is 16.5. The van der Waals surface area contributed by atoms with Crippen LogP contribution in [-0.4, -0.2) is 51.9 Å². The molecule has 35 heavy (non-hydrogen) atoms. The number of ketones is 1. The first kappa shape index (κ1) is 26.6. The van der Waals surface area contributed by atoms with Crippen LogP contribution in [0.2, 0.25) is 0 Å². The molecular weight excluding hydrogens is 448 g/mol. The second kappa shape index (κ2) is 10.1. The molecule has 0 saturated heterocycles. The number of aliphatic carboxylic acids is 1. The number of aliphatic hydroxyl groups is 2. The average molecular weight is 493 g/mol. The molecule has 10 atom stereocenters. The fraction of sp³-hybridized carbons (Fsp3) is 0.893. The molecule has 0 aromatic carbocycles. The van der Waals surface area contributed by atoms with Crippen molar-refractivity contribution in [3.05, 3.63) is 0 Å². The number of rotatable bonds is 8. The minimum absolute atomic E-state index is 0.0222. The fourth-order valence-electron chi connectivity index (χ4n) is 9.02. The van der Waals surface area contributed by atoms with Crippen molar-refractivity contribution in [1.82, 2.24) is 0 Å². The Balaban J connectivity index is 1.40. The molecule has 0 aromatic rings. The third kappa shape index (κ3) is 4.79. The summed E-state index contributed by atoms with van der Waals surface area (Å²) in [6, 6.07) is 0. The molecule has 0 heterocycles. The quantitative estimate of drug-likeness (QED) is 0.346. The van der Waals surface area contributed by atoms with Crippen molar-refractivity contribution in [3.8, 4) is 0 Å². The molecule has 4 saturated carbocycles. The van der Waals surface area contributed by atoms with E-state index in [1.165, 1.54) is 0 Å². The molecule has 4 aliphatic carbocycles. The van der Waals surface area contributed by atoms with E-state index in [2.05, 4.69) is 20.8 Å². The highest BCUT2D eigenvalue weighted by Gasteiger charge is 2.65. The van der Waals surface area contributed by atoms with Crippen LogP contribution in [0.15, 0.2) is 0 Å². The Hall–Kier alpha value is -1.47. The van der Waals surface area contributed by atoms with Gasteiger partial charge in [-0.25, -0.2) is 0 Å². The van der Waals surface area contributed by atoms with Crippen LogP contribution >= 0.6 is 0 Å². The highest BCUT2D eigenvalue weighted by Crippen LogP contribution is 2.68. The molecule has 4 rings (SSSR count). The van der Waals surface area contributed by atoms with Crippen LogP contribution in [0.5, 0.6) is 0 Å². The van der Waals surface area contributed by atoms with Gasteiger partial charge in [0.15, 0.2) is 0 Å². The number of hydrogen-bond donors (Lipinski definition) is 3. The van der Waals surface area contributed by atoms with Gasteiger partial charge in [-0.2, -0.15) is 0 Å². The van der Waals surface area contributed by atoms with Crippen molar-refractivity contribution in [2.45, 2.75) is 104 Å². The Labute approximate surface area is 209 Å². The first-order valence-electron chi connectivity index (χ1n) is 13.7. The van der Waals surface area contributed by atoms with Crippen LogP contribution in [0.3, 0.4) is 0 Å². The van der Waals surface area contributed by atoms with Gasteiger partial charge in [-0.15, -0.1) is 0 Å².